The lowest BCUT2D eigenvalue weighted by atomic mass is 9.89. The van der Waals surface area contributed by atoms with E-state index in [1.165, 1.54) is 26.0 Å². The SMILES string of the molecule is COC(=O)C1=C(C(=O)c2ccc(OC)cc2)[C@H](c2ccccc2OC)n2nnnc2N1. The third-order valence-corrected chi connectivity index (χ3v) is 4.94. The minimum Gasteiger partial charge on any atom is -0.497 e. The molecule has 1 aromatic heterocycles. The van der Waals surface area contributed by atoms with Gasteiger partial charge >= 0.3 is 5.97 Å². The third-order valence-electron chi connectivity index (χ3n) is 4.94. The fourth-order valence-electron chi connectivity index (χ4n) is 3.47. The Kier molecular flexibility index (Phi) is 5.35. The Morgan fingerprint density at radius 2 is 1.74 bits per heavy atom. The third kappa shape index (κ3) is 3.48. The molecular formula is C21H19N5O5. The van der Waals surface area contributed by atoms with Crippen LogP contribution in [0.5, 0.6) is 11.5 Å². The molecule has 0 aliphatic carbocycles. The van der Waals surface area contributed by atoms with Gasteiger partial charge in [0.25, 0.3) is 0 Å². The number of rotatable bonds is 6. The van der Waals surface area contributed by atoms with Crippen LogP contribution in [0, 0.1) is 0 Å². The molecule has 1 aliphatic rings. The molecule has 0 bridgehead atoms. The average molecular weight is 421 g/mol. The van der Waals surface area contributed by atoms with Crippen molar-refractivity contribution in [1.29, 1.82) is 0 Å². The Hall–Kier alpha value is -4.21. The molecule has 0 radical (unpaired) electrons. The van der Waals surface area contributed by atoms with Gasteiger partial charge in [-0.2, -0.15) is 4.68 Å². The Balaban J connectivity index is 1.95. The molecule has 158 valence electrons. The van der Waals surface area contributed by atoms with Crippen molar-refractivity contribution in [1.82, 2.24) is 20.2 Å². The normalized spacial score (nSPS) is 15.0. The zero-order valence-electron chi connectivity index (χ0n) is 17.0. The highest BCUT2D eigenvalue weighted by Gasteiger charge is 2.39. The van der Waals surface area contributed by atoms with Gasteiger partial charge in [0.15, 0.2) is 5.78 Å². The number of ether oxygens (including phenoxy) is 3. The topological polar surface area (TPSA) is 117 Å². The second-order valence-corrected chi connectivity index (χ2v) is 6.55. The summed E-state index contributed by atoms with van der Waals surface area (Å²) >= 11 is 0. The van der Waals surface area contributed by atoms with Crippen LogP contribution in [0.3, 0.4) is 0 Å². The number of nitrogens with zero attached hydrogens (tertiary/aromatic N) is 4. The van der Waals surface area contributed by atoms with E-state index in [0.29, 0.717) is 22.6 Å². The molecule has 3 aromatic rings. The maximum Gasteiger partial charge on any atom is 0.355 e. The molecule has 1 atom stereocenters. The maximum atomic E-state index is 13.7. The van der Waals surface area contributed by atoms with Crippen molar-refractivity contribution in [2.24, 2.45) is 0 Å². The fraction of sp³-hybridized carbons (Fsp3) is 0.190. The van der Waals surface area contributed by atoms with E-state index in [1.54, 1.807) is 48.5 Å². The zero-order chi connectivity index (χ0) is 22.0. The Morgan fingerprint density at radius 1 is 1.00 bits per heavy atom. The van der Waals surface area contributed by atoms with Crippen molar-refractivity contribution < 1.29 is 23.8 Å². The molecule has 1 aliphatic heterocycles. The van der Waals surface area contributed by atoms with Crippen LogP contribution in [0.1, 0.15) is 22.0 Å². The summed E-state index contributed by atoms with van der Waals surface area (Å²) in [4.78, 5) is 26.3. The minimum atomic E-state index is -0.828. The predicted molar refractivity (Wildman–Crippen MR) is 109 cm³/mol. The molecule has 10 heteroatoms. The molecular weight excluding hydrogens is 402 g/mol. The number of carbonyl (C=O) groups excluding carboxylic acids is 2. The van der Waals surface area contributed by atoms with Crippen LogP contribution in [-0.4, -0.2) is 53.3 Å². The largest absolute Gasteiger partial charge is 0.497 e. The molecule has 0 saturated carbocycles. The van der Waals surface area contributed by atoms with Crippen LogP contribution >= 0.6 is 0 Å². The second-order valence-electron chi connectivity index (χ2n) is 6.55. The molecule has 10 nitrogen and oxygen atoms in total. The quantitative estimate of drug-likeness (QED) is 0.471. The van der Waals surface area contributed by atoms with E-state index in [-0.39, 0.29) is 17.2 Å². The molecule has 0 unspecified atom stereocenters. The van der Waals surface area contributed by atoms with E-state index in [0.717, 1.165) is 0 Å². The number of para-hydroxylation sites is 1. The van der Waals surface area contributed by atoms with Crippen molar-refractivity contribution in [3.63, 3.8) is 0 Å². The first-order valence-corrected chi connectivity index (χ1v) is 9.28. The van der Waals surface area contributed by atoms with Gasteiger partial charge in [0.1, 0.15) is 23.2 Å². The van der Waals surface area contributed by atoms with Crippen molar-refractivity contribution in [2.45, 2.75) is 6.04 Å². The molecule has 0 saturated heterocycles. The number of hydrogen-bond acceptors (Lipinski definition) is 9. The molecule has 1 N–H and O–H groups in total. The van der Waals surface area contributed by atoms with Crippen LogP contribution in [0.2, 0.25) is 0 Å². The van der Waals surface area contributed by atoms with E-state index >= 15 is 0 Å². The number of Topliss-reactive ketones (excluding diaryl/α,β-unsaturated/α-hetero) is 1. The zero-order valence-corrected chi connectivity index (χ0v) is 17.0. The van der Waals surface area contributed by atoms with E-state index in [2.05, 4.69) is 20.8 Å². The van der Waals surface area contributed by atoms with Crippen molar-refractivity contribution in [2.75, 3.05) is 26.6 Å². The lowest BCUT2D eigenvalue weighted by Crippen LogP contribution is -2.33. The average Bonchev–Trinajstić information content (AvgIpc) is 3.30. The molecule has 2 aromatic carbocycles. The maximum absolute atomic E-state index is 13.7. The van der Waals surface area contributed by atoms with Gasteiger partial charge in [0, 0.05) is 11.1 Å². The highest BCUT2D eigenvalue weighted by Crippen LogP contribution is 2.40. The van der Waals surface area contributed by atoms with Crippen molar-refractivity contribution in [3.8, 4) is 11.5 Å². The summed E-state index contributed by atoms with van der Waals surface area (Å²) in [6.45, 7) is 0. The fourth-order valence-corrected chi connectivity index (χ4v) is 3.47. The predicted octanol–water partition coefficient (Wildman–Crippen LogP) is 2.02. The van der Waals surface area contributed by atoms with Gasteiger partial charge in [-0.1, -0.05) is 23.3 Å². The molecule has 0 fully saturated rings. The van der Waals surface area contributed by atoms with Gasteiger partial charge in [-0.05, 0) is 40.8 Å². The van der Waals surface area contributed by atoms with Crippen LogP contribution in [0.4, 0.5) is 5.95 Å². The number of allylic oxidation sites excluding steroid dienone is 1. The highest BCUT2D eigenvalue weighted by atomic mass is 16.5. The number of hydrogen-bond donors (Lipinski definition) is 1. The number of fused-ring (bicyclic) bond motifs is 1. The van der Waals surface area contributed by atoms with Crippen LogP contribution in [0.25, 0.3) is 0 Å². The number of carbonyl (C=O) groups is 2. The van der Waals surface area contributed by atoms with Crippen LogP contribution < -0.4 is 14.8 Å². The summed E-state index contributed by atoms with van der Waals surface area (Å²) in [6, 6.07) is 12.9. The van der Waals surface area contributed by atoms with E-state index in [4.69, 9.17) is 14.2 Å². The standard InChI is InChI=1S/C21H19N5O5/c1-29-13-10-8-12(9-11-13)19(27)16-17(20(28)31-3)22-21-23-24-25-26(21)18(16)14-6-4-5-7-15(14)30-2/h4-11,18H,1-3H3,(H,22,23,25)/t18-/m0/s1. The second kappa shape index (κ2) is 8.27. The molecule has 0 amide bonds. The van der Waals surface area contributed by atoms with Gasteiger partial charge in [0.05, 0.1) is 26.9 Å². The van der Waals surface area contributed by atoms with Crippen molar-refractivity contribution >= 4 is 17.7 Å². The lowest BCUT2D eigenvalue weighted by Gasteiger charge is -2.29. The first-order chi connectivity index (χ1) is 15.1. The van der Waals surface area contributed by atoms with E-state index in [9.17, 15) is 9.59 Å². The summed E-state index contributed by atoms with van der Waals surface area (Å²) in [5.41, 5.74) is 1.05. The number of esters is 1. The minimum absolute atomic E-state index is 0.0403. The number of anilines is 1. The number of benzene rings is 2. The number of aromatic nitrogens is 4. The first-order valence-electron chi connectivity index (χ1n) is 9.28. The van der Waals surface area contributed by atoms with Gasteiger partial charge in [0.2, 0.25) is 5.95 Å². The molecule has 31 heavy (non-hydrogen) atoms. The number of nitrogens with one attached hydrogen (secondary N) is 1. The van der Waals surface area contributed by atoms with Crippen LogP contribution in [-0.2, 0) is 9.53 Å². The molecule has 0 spiro atoms. The monoisotopic (exact) mass is 421 g/mol. The van der Waals surface area contributed by atoms with E-state index in [1.807, 2.05) is 0 Å². The first kappa shape index (κ1) is 20.1. The summed E-state index contributed by atoms with van der Waals surface area (Å²) < 4.78 is 17.0. The molecule has 4 rings (SSSR count). The summed E-state index contributed by atoms with van der Waals surface area (Å²) in [6.07, 6.45) is 0. The highest BCUT2D eigenvalue weighted by molar-refractivity contribution is 6.15. The Labute approximate surface area is 177 Å². The van der Waals surface area contributed by atoms with Gasteiger partial charge in [-0.3, -0.25) is 4.79 Å². The van der Waals surface area contributed by atoms with Gasteiger partial charge in [-0.15, -0.1) is 0 Å². The van der Waals surface area contributed by atoms with E-state index < -0.39 is 17.8 Å². The molecule has 2 heterocycles. The summed E-state index contributed by atoms with van der Waals surface area (Å²) in [7, 11) is 4.30. The number of methoxy groups -OCH3 is 3. The van der Waals surface area contributed by atoms with Gasteiger partial charge in [-0.25, -0.2) is 4.79 Å². The van der Waals surface area contributed by atoms with Gasteiger partial charge < -0.3 is 19.5 Å². The smallest absolute Gasteiger partial charge is 0.355 e. The van der Waals surface area contributed by atoms with Crippen molar-refractivity contribution in [3.05, 3.63) is 70.9 Å². The summed E-state index contributed by atoms with van der Waals surface area (Å²) in [5.74, 6) is 0.200. The summed E-state index contributed by atoms with van der Waals surface area (Å²) in [5, 5.41) is 14.5. The van der Waals surface area contributed by atoms with Crippen LogP contribution in [0.15, 0.2) is 59.8 Å². The lowest BCUT2D eigenvalue weighted by molar-refractivity contribution is -0.136. The Morgan fingerprint density at radius 3 is 2.42 bits per heavy atom. The number of tetrazole rings is 1. The Bertz CT molecular complexity index is 1170. The number of ketones is 1.